The minimum Gasteiger partial charge on any atom is -0.312 e. The van der Waals surface area contributed by atoms with Gasteiger partial charge in [-0.3, -0.25) is 9.88 Å². The van der Waals surface area contributed by atoms with Crippen molar-refractivity contribution in [1.29, 1.82) is 0 Å². The average molecular weight is 293 g/mol. The summed E-state index contributed by atoms with van der Waals surface area (Å²) in [5.41, 5.74) is 2.48. The zero-order chi connectivity index (χ0) is 14.2. The normalized spacial score (nSPS) is 17.4. The van der Waals surface area contributed by atoms with Crippen molar-refractivity contribution in [1.82, 2.24) is 15.2 Å². The maximum absolute atomic E-state index is 4.61. The number of pyridine rings is 1. The van der Waals surface area contributed by atoms with Crippen molar-refractivity contribution < 1.29 is 0 Å². The van der Waals surface area contributed by atoms with Crippen LogP contribution in [0.4, 0.5) is 0 Å². The Morgan fingerprint density at radius 3 is 2.95 bits per heavy atom. The van der Waals surface area contributed by atoms with Gasteiger partial charge in [0.15, 0.2) is 0 Å². The molecule has 112 valence electrons. The SMILES string of the molecule is CC(C)CNCc1ccc(CN2CCCSCC2)nc1. The molecule has 1 saturated heterocycles. The highest BCUT2D eigenvalue weighted by atomic mass is 32.2. The molecular weight excluding hydrogens is 266 g/mol. The van der Waals surface area contributed by atoms with Crippen molar-refractivity contribution >= 4 is 11.8 Å². The second kappa shape index (κ2) is 8.65. The second-order valence-electron chi connectivity index (χ2n) is 5.92. The zero-order valence-corrected chi connectivity index (χ0v) is 13.6. The number of hydrogen-bond acceptors (Lipinski definition) is 4. The lowest BCUT2D eigenvalue weighted by Crippen LogP contribution is -2.26. The second-order valence-corrected chi connectivity index (χ2v) is 7.15. The smallest absolute Gasteiger partial charge is 0.0544 e. The molecule has 1 aromatic rings. The third-order valence-corrected chi connectivity index (χ3v) is 4.52. The molecule has 0 bridgehead atoms. The molecule has 0 unspecified atom stereocenters. The van der Waals surface area contributed by atoms with Gasteiger partial charge in [-0.15, -0.1) is 0 Å². The number of nitrogens with zero attached hydrogens (tertiary/aromatic N) is 2. The maximum atomic E-state index is 4.61. The van der Waals surface area contributed by atoms with Gasteiger partial charge in [0.2, 0.25) is 0 Å². The van der Waals surface area contributed by atoms with Gasteiger partial charge in [0.1, 0.15) is 0 Å². The highest BCUT2D eigenvalue weighted by Gasteiger charge is 2.10. The van der Waals surface area contributed by atoms with Gasteiger partial charge in [-0.05, 0) is 42.8 Å². The Hall–Kier alpha value is -0.580. The Bertz CT molecular complexity index is 370. The molecule has 0 amide bonds. The number of rotatable bonds is 6. The van der Waals surface area contributed by atoms with E-state index in [0.29, 0.717) is 5.92 Å². The van der Waals surface area contributed by atoms with E-state index in [-0.39, 0.29) is 0 Å². The Kier molecular flexibility index (Phi) is 6.83. The summed E-state index contributed by atoms with van der Waals surface area (Å²) in [6, 6.07) is 4.40. The first kappa shape index (κ1) is 15.8. The van der Waals surface area contributed by atoms with E-state index in [1.54, 1.807) is 0 Å². The molecule has 4 heteroatoms. The van der Waals surface area contributed by atoms with Crippen LogP contribution in [0.25, 0.3) is 0 Å². The van der Waals surface area contributed by atoms with E-state index < -0.39 is 0 Å². The fourth-order valence-electron chi connectivity index (χ4n) is 2.34. The summed E-state index contributed by atoms with van der Waals surface area (Å²) in [6.07, 6.45) is 3.33. The van der Waals surface area contributed by atoms with Crippen LogP contribution < -0.4 is 5.32 Å². The molecule has 1 aliphatic heterocycles. The first-order valence-corrected chi connectivity index (χ1v) is 8.84. The highest BCUT2D eigenvalue weighted by Crippen LogP contribution is 2.12. The molecule has 20 heavy (non-hydrogen) atoms. The van der Waals surface area contributed by atoms with Gasteiger partial charge in [-0.25, -0.2) is 0 Å². The number of thioether (sulfide) groups is 1. The first-order valence-electron chi connectivity index (χ1n) is 7.68. The monoisotopic (exact) mass is 293 g/mol. The van der Waals surface area contributed by atoms with Gasteiger partial charge in [0.05, 0.1) is 5.69 Å². The van der Waals surface area contributed by atoms with Crippen molar-refractivity contribution in [2.24, 2.45) is 5.92 Å². The summed E-state index contributed by atoms with van der Waals surface area (Å²) >= 11 is 2.07. The van der Waals surface area contributed by atoms with Crippen LogP contribution in [0.3, 0.4) is 0 Å². The van der Waals surface area contributed by atoms with Crippen LogP contribution in [0.2, 0.25) is 0 Å². The van der Waals surface area contributed by atoms with Crippen molar-refractivity contribution in [3.05, 3.63) is 29.6 Å². The molecule has 0 radical (unpaired) electrons. The van der Waals surface area contributed by atoms with Crippen LogP contribution in [0, 0.1) is 5.92 Å². The number of hydrogen-bond donors (Lipinski definition) is 1. The largest absolute Gasteiger partial charge is 0.312 e. The summed E-state index contributed by atoms with van der Waals surface area (Å²) in [4.78, 5) is 7.14. The van der Waals surface area contributed by atoms with Crippen LogP contribution in [-0.4, -0.2) is 41.0 Å². The molecule has 0 aromatic carbocycles. The molecule has 1 fully saturated rings. The molecule has 2 rings (SSSR count). The Balaban J connectivity index is 1.78. The minimum absolute atomic E-state index is 0.697. The predicted molar refractivity (Wildman–Crippen MR) is 88.0 cm³/mol. The topological polar surface area (TPSA) is 28.2 Å². The van der Waals surface area contributed by atoms with E-state index in [2.05, 4.69) is 52.9 Å². The van der Waals surface area contributed by atoms with E-state index in [0.717, 1.165) is 19.6 Å². The molecule has 2 heterocycles. The molecule has 3 nitrogen and oxygen atoms in total. The molecule has 0 aliphatic carbocycles. The predicted octanol–water partition coefficient (Wildman–Crippen LogP) is 2.77. The zero-order valence-electron chi connectivity index (χ0n) is 12.8. The fraction of sp³-hybridized carbons (Fsp3) is 0.688. The number of aromatic nitrogens is 1. The molecule has 1 aromatic heterocycles. The molecule has 0 spiro atoms. The molecule has 1 N–H and O–H groups in total. The Labute approximate surface area is 127 Å². The lowest BCUT2D eigenvalue weighted by atomic mass is 10.2. The highest BCUT2D eigenvalue weighted by molar-refractivity contribution is 7.99. The molecule has 1 aliphatic rings. The Morgan fingerprint density at radius 2 is 2.20 bits per heavy atom. The third-order valence-electron chi connectivity index (χ3n) is 3.47. The number of nitrogens with one attached hydrogen (secondary N) is 1. The minimum atomic E-state index is 0.697. The average Bonchev–Trinajstić information content (AvgIpc) is 2.69. The summed E-state index contributed by atoms with van der Waals surface area (Å²) < 4.78 is 0. The summed E-state index contributed by atoms with van der Waals surface area (Å²) in [6.45, 7) is 9.86. The van der Waals surface area contributed by atoms with Crippen LogP contribution in [0.1, 0.15) is 31.5 Å². The Morgan fingerprint density at radius 1 is 1.30 bits per heavy atom. The third kappa shape index (κ3) is 5.81. The van der Waals surface area contributed by atoms with E-state index >= 15 is 0 Å². The van der Waals surface area contributed by atoms with Gasteiger partial charge >= 0.3 is 0 Å². The van der Waals surface area contributed by atoms with Crippen LogP contribution in [0.15, 0.2) is 18.3 Å². The lowest BCUT2D eigenvalue weighted by molar-refractivity contribution is 0.284. The molecule has 0 atom stereocenters. The fourth-order valence-corrected chi connectivity index (χ4v) is 3.27. The van der Waals surface area contributed by atoms with E-state index in [1.807, 2.05) is 6.20 Å². The van der Waals surface area contributed by atoms with Crippen molar-refractivity contribution in [2.75, 3.05) is 31.1 Å². The van der Waals surface area contributed by atoms with E-state index in [1.165, 1.54) is 42.3 Å². The summed E-state index contributed by atoms with van der Waals surface area (Å²) in [5, 5.41) is 3.46. The maximum Gasteiger partial charge on any atom is 0.0544 e. The van der Waals surface area contributed by atoms with E-state index in [4.69, 9.17) is 0 Å². The standard InChI is InChI=1S/C16H27N3S/c1-14(2)10-17-11-15-4-5-16(18-12-15)13-19-6-3-8-20-9-7-19/h4-5,12,14,17H,3,6-11,13H2,1-2H3. The van der Waals surface area contributed by atoms with Crippen molar-refractivity contribution in [2.45, 2.75) is 33.4 Å². The molecule has 0 saturated carbocycles. The first-order chi connectivity index (χ1) is 9.74. The summed E-state index contributed by atoms with van der Waals surface area (Å²) in [7, 11) is 0. The van der Waals surface area contributed by atoms with Crippen LogP contribution >= 0.6 is 11.8 Å². The van der Waals surface area contributed by atoms with Crippen LogP contribution in [-0.2, 0) is 13.1 Å². The van der Waals surface area contributed by atoms with Gasteiger partial charge in [-0.2, -0.15) is 11.8 Å². The van der Waals surface area contributed by atoms with Gasteiger partial charge in [0, 0.05) is 31.6 Å². The van der Waals surface area contributed by atoms with Crippen molar-refractivity contribution in [3.63, 3.8) is 0 Å². The summed E-state index contributed by atoms with van der Waals surface area (Å²) in [5.74, 6) is 3.27. The van der Waals surface area contributed by atoms with Gasteiger partial charge in [-0.1, -0.05) is 19.9 Å². The lowest BCUT2D eigenvalue weighted by Gasteiger charge is -2.18. The molecular formula is C16H27N3S. The van der Waals surface area contributed by atoms with Crippen molar-refractivity contribution in [3.8, 4) is 0 Å². The van der Waals surface area contributed by atoms with Crippen LogP contribution in [0.5, 0.6) is 0 Å². The van der Waals surface area contributed by atoms with Gasteiger partial charge < -0.3 is 5.32 Å². The quantitative estimate of drug-likeness (QED) is 0.873. The van der Waals surface area contributed by atoms with E-state index in [9.17, 15) is 0 Å². The van der Waals surface area contributed by atoms with Gasteiger partial charge in [0.25, 0.3) is 0 Å².